The van der Waals surface area contributed by atoms with Gasteiger partial charge in [0.05, 0.1) is 0 Å². The fourth-order valence-electron chi connectivity index (χ4n) is 1.52. The zero-order valence-electron chi connectivity index (χ0n) is 10.4. The Labute approximate surface area is 108 Å². The molecule has 7 heteroatoms. The number of fused-ring (bicyclic) bond motifs is 1. The number of hydrogen-bond donors (Lipinski definition) is 1. The lowest BCUT2D eigenvalue weighted by Gasteiger charge is -2.06. The minimum Gasteiger partial charge on any atom is -0.477 e. The van der Waals surface area contributed by atoms with Crippen LogP contribution in [0.1, 0.15) is 10.6 Å². The Hall–Kier alpha value is -2.70. The van der Waals surface area contributed by atoms with Crippen LogP contribution in [0.3, 0.4) is 0 Å². The van der Waals surface area contributed by atoms with Gasteiger partial charge in [-0.15, -0.1) is 5.10 Å². The summed E-state index contributed by atoms with van der Waals surface area (Å²) in [4.78, 5) is 28.7. The number of carboxylic acids is 1. The van der Waals surface area contributed by atoms with E-state index in [-0.39, 0.29) is 11.4 Å². The van der Waals surface area contributed by atoms with Crippen molar-refractivity contribution in [3.63, 3.8) is 0 Å². The van der Waals surface area contributed by atoms with Crippen LogP contribution in [0.4, 0.5) is 0 Å². The quantitative estimate of drug-likeness (QED) is 0.371. The topological polar surface area (TPSA) is 87.8 Å². The van der Waals surface area contributed by atoms with Crippen molar-refractivity contribution in [3.05, 3.63) is 42.0 Å². The third kappa shape index (κ3) is 2.59. The summed E-state index contributed by atoms with van der Waals surface area (Å²) in [6.07, 6.45) is 2.87. The maximum absolute atomic E-state index is 12.1. The second kappa shape index (κ2) is 4.89. The average Bonchev–Trinajstić information content (AvgIpc) is 2.78. The smallest absolute Gasteiger partial charge is 0.341 e. The van der Waals surface area contributed by atoms with Crippen LogP contribution in [0.5, 0.6) is 0 Å². The Morgan fingerprint density at radius 2 is 2.11 bits per heavy atom. The maximum Gasteiger partial charge on any atom is 0.341 e. The van der Waals surface area contributed by atoms with Crippen LogP contribution in [0.2, 0.25) is 0 Å². The molecule has 2 heterocycles. The SMILES string of the molecule is CN(C)C=C(C(=O)O)C(=O)c1nc2ccccn2n1. The van der Waals surface area contributed by atoms with E-state index in [0.717, 1.165) is 0 Å². The Bertz CT molecular complexity index is 639. The molecule has 2 rings (SSSR count). The first kappa shape index (κ1) is 12.7. The number of pyridine rings is 1. The number of nitrogens with zero attached hydrogens (tertiary/aromatic N) is 4. The Kier molecular flexibility index (Phi) is 3.28. The lowest BCUT2D eigenvalue weighted by atomic mass is 10.2. The van der Waals surface area contributed by atoms with Gasteiger partial charge < -0.3 is 10.0 Å². The zero-order chi connectivity index (χ0) is 14.0. The van der Waals surface area contributed by atoms with Crippen molar-refractivity contribution < 1.29 is 14.7 Å². The molecule has 0 radical (unpaired) electrons. The van der Waals surface area contributed by atoms with Gasteiger partial charge in [-0.25, -0.2) is 14.3 Å². The molecule has 0 fully saturated rings. The van der Waals surface area contributed by atoms with E-state index < -0.39 is 11.8 Å². The molecule has 0 bridgehead atoms. The van der Waals surface area contributed by atoms with Crippen LogP contribution in [-0.2, 0) is 4.79 Å². The standard InChI is InChI=1S/C12H12N4O3/c1-15(2)7-8(12(18)19)10(17)11-13-9-5-3-4-6-16(9)14-11/h3-7H,1-2H3,(H,18,19). The number of carbonyl (C=O) groups is 2. The number of Topliss-reactive ketones (excluding diaryl/α,β-unsaturated/α-hetero) is 1. The first-order chi connectivity index (χ1) is 8.99. The summed E-state index contributed by atoms with van der Waals surface area (Å²) in [6, 6.07) is 5.18. The van der Waals surface area contributed by atoms with Gasteiger partial charge >= 0.3 is 5.97 Å². The number of aliphatic carboxylic acids is 1. The molecule has 0 aliphatic heterocycles. The summed E-state index contributed by atoms with van der Waals surface area (Å²) in [5.74, 6) is -2.16. The molecule has 0 aromatic carbocycles. The maximum atomic E-state index is 12.1. The van der Waals surface area contributed by atoms with Crippen molar-refractivity contribution in [2.24, 2.45) is 0 Å². The highest BCUT2D eigenvalue weighted by atomic mass is 16.4. The molecular formula is C12H12N4O3. The summed E-state index contributed by atoms with van der Waals surface area (Å²) < 4.78 is 1.42. The highest BCUT2D eigenvalue weighted by Crippen LogP contribution is 2.08. The van der Waals surface area contributed by atoms with E-state index in [1.165, 1.54) is 15.6 Å². The molecule has 0 aliphatic carbocycles. The van der Waals surface area contributed by atoms with E-state index in [9.17, 15) is 9.59 Å². The number of hydrogen-bond acceptors (Lipinski definition) is 5. The summed E-state index contributed by atoms with van der Waals surface area (Å²) in [5.41, 5.74) is 0.112. The Morgan fingerprint density at radius 3 is 2.68 bits per heavy atom. The van der Waals surface area contributed by atoms with Crippen molar-refractivity contribution >= 4 is 17.4 Å². The molecule has 0 saturated heterocycles. The Balaban J connectivity index is 2.44. The van der Waals surface area contributed by atoms with Crippen LogP contribution >= 0.6 is 0 Å². The molecule has 19 heavy (non-hydrogen) atoms. The molecule has 0 amide bonds. The van der Waals surface area contributed by atoms with Crippen molar-refractivity contribution in [2.45, 2.75) is 0 Å². The molecule has 7 nitrogen and oxygen atoms in total. The summed E-state index contributed by atoms with van der Waals surface area (Å²) in [5, 5.41) is 13.0. The zero-order valence-corrected chi connectivity index (χ0v) is 10.4. The monoisotopic (exact) mass is 260 g/mol. The molecule has 0 unspecified atom stereocenters. The second-order valence-corrected chi connectivity index (χ2v) is 4.08. The summed E-state index contributed by atoms with van der Waals surface area (Å²) in [6.45, 7) is 0. The highest BCUT2D eigenvalue weighted by Gasteiger charge is 2.23. The number of aromatic nitrogens is 3. The van der Waals surface area contributed by atoms with Crippen molar-refractivity contribution in [1.82, 2.24) is 19.5 Å². The predicted octanol–water partition coefficient (Wildman–Crippen LogP) is 0.442. The minimum absolute atomic E-state index is 0.137. The van der Waals surface area contributed by atoms with Crippen molar-refractivity contribution in [1.29, 1.82) is 0 Å². The number of carboxylic acid groups (broad SMARTS) is 1. The van der Waals surface area contributed by atoms with E-state index in [2.05, 4.69) is 10.1 Å². The lowest BCUT2D eigenvalue weighted by Crippen LogP contribution is -2.17. The predicted molar refractivity (Wildman–Crippen MR) is 66.7 cm³/mol. The average molecular weight is 260 g/mol. The van der Waals surface area contributed by atoms with E-state index in [1.807, 2.05) is 0 Å². The Morgan fingerprint density at radius 1 is 1.37 bits per heavy atom. The minimum atomic E-state index is -1.31. The van der Waals surface area contributed by atoms with E-state index in [4.69, 9.17) is 5.11 Å². The number of ketones is 1. The molecule has 0 saturated carbocycles. The molecule has 1 N–H and O–H groups in total. The third-order valence-electron chi connectivity index (χ3n) is 2.31. The van der Waals surface area contributed by atoms with Gasteiger partial charge in [0.1, 0.15) is 5.57 Å². The van der Waals surface area contributed by atoms with Crippen LogP contribution in [0, 0.1) is 0 Å². The van der Waals surface area contributed by atoms with Gasteiger partial charge in [0, 0.05) is 26.5 Å². The summed E-state index contributed by atoms with van der Waals surface area (Å²) >= 11 is 0. The second-order valence-electron chi connectivity index (χ2n) is 4.08. The van der Waals surface area contributed by atoms with Crippen molar-refractivity contribution in [2.75, 3.05) is 14.1 Å². The largest absolute Gasteiger partial charge is 0.477 e. The highest BCUT2D eigenvalue weighted by molar-refractivity contribution is 6.22. The number of rotatable bonds is 4. The van der Waals surface area contributed by atoms with E-state index >= 15 is 0 Å². The van der Waals surface area contributed by atoms with Gasteiger partial charge in [-0.3, -0.25) is 4.79 Å². The fraction of sp³-hybridized carbons (Fsp3) is 0.167. The molecule has 0 atom stereocenters. The molecule has 98 valence electrons. The van der Waals surface area contributed by atoms with Gasteiger partial charge in [0.2, 0.25) is 11.6 Å². The van der Waals surface area contributed by atoms with Crippen LogP contribution in [-0.4, -0.2) is 50.5 Å². The van der Waals surface area contributed by atoms with Gasteiger partial charge in [-0.1, -0.05) is 6.07 Å². The van der Waals surface area contributed by atoms with Gasteiger partial charge in [-0.05, 0) is 12.1 Å². The van der Waals surface area contributed by atoms with Crippen LogP contribution < -0.4 is 0 Å². The lowest BCUT2D eigenvalue weighted by molar-refractivity contribution is -0.132. The van der Waals surface area contributed by atoms with E-state index in [0.29, 0.717) is 5.65 Å². The van der Waals surface area contributed by atoms with E-state index in [1.54, 1.807) is 38.5 Å². The van der Waals surface area contributed by atoms with Gasteiger partial charge in [-0.2, -0.15) is 0 Å². The first-order valence-electron chi connectivity index (χ1n) is 5.46. The molecule has 0 aliphatic rings. The van der Waals surface area contributed by atoms with Crippen LogP contribution in [0.25, 0.3) is 5.65 Å². The van der Waals surface area contributed by atoms with Gasteiger partial charge in [0.15, 0.2) is 5.65 Å². The molecular weight excluding hydrogens is 248 g/mol. The third-order valence-corrected chi connectivity index (χ3v) is 2.31. The summed E-state index contributed by atoms with van der Waals surface area (Å²) in [7, 11) is 3.26. The fourth-order valence-corrected chi connectivity index (χ4v) is 1.52. The number of carbonyl (C=O) groups excluding carboxylic acids is 1. The first-order valence-corrected chi connectivity index (χ1v) is 5.46. The van der Waals surface area contributed by atoms with Crippen molar-refractivity contribution in [3.8, 4) is 0 Å². The molecule has 0 spiro atoms. The normalized spacial score (nSPS) is 11.6. The van der Waals surface area contributed by atoms with Crippen LogP contribution in [0.15, 0.2) is 36.2 Å². The molecule has 2 aromatic rings. The molecule has 2 aromatic heterocycles. The van der Waals surface area contributed by atoms with Gasteiger partial charge in [0.25, 0.3) is 0 Å².